The van der Waals surface area contributed by atoms with E-state index in [1.165, 1.54) is 12.1 Å². The lowest BCUT2D eigenvalue weighted by molar-refractivity contribution is -0.138. The number of benzene rings is 2. The van der Waals surface area contributed by atoms with Crippen LogP contribution in [-0.2, 0) is 4.79 Å². The Morgan fingerprint density at radius 3 is 2.77 bits per heavy atom. The molecule has 7 nitrogen and oxygen atoms in total. The number of ether oxygens (including phenoxy) is 2. The summed E-state index contributed by atoms with van der Waals surface area (Å²) in [6.45, 7) is 3.62. The number of anilines is 1. The SMILES string of the molecule is CCOc1cc(OC2CCCNC2)c(F)c(C(Nc2ccc(C#N)cc2)C(=O)O)c1. The van der Waals surface area contributed by atoms with E-state index in [1.54, 1.807) is 31.2 Å². The molecule has 1 fully saturated rings. The van der Waals surface area contributed by atoms with Gasteiger partial charge in [0.25, 0.3) is 0 Å². The zero-order chi connectivity index (χ0) is 21.5. The van der Waals surface area contributed by atoms with Gasteiger partial charge in [-0.05, 0) is 56.6 Å². The van der Waals surface area contributed by atoms with Gasteiger partial charge in [0.05, 0.1) is 18.2 Å². The maximum atomic E-state index is 15.3. The van der Waals surface area contributed by atoms with E-state index in [2.05, 4.69) is 10.6 Å². The van der Waals surface area contributed by atoms with Crippen molar-refractivity contribution in [2.45, 2.75) is 31.9 Å². The molecule has 3 rings (SSSR count). The summed E-state index contributed by atoms with van der Waals surface area (Å²) < 4.78 is 26.7. The molecule has 2 aromatic carbocycles. The molecule has 0 bridgehead atoms. The minimum Gasteiger partial charge on any atom is -0.494 e. The second kappa shape index (κ2) is 9.94. The number of piperidine rings is 1. The van der Waals surface area contributed by atoms with Crippen LogP contribution < -0.4 is 20.1 Å². The van der Waals surface area contributed by atoms with Gasteiger partial charge in [-0.15, -0.1) is 0 Å². The highest BCUT2D eigenvalue weighted by Gasteiger charge is 2.28. The Labute approximate surface area is 174 Å². The number of halogens is 1. The molecule has 158 valence electrons. The van der Waals surface area contributed by atoms with Crippen LogP contribution in [-0.4, -0.2) is 36.9 Å². The van der Waals surface area contributed by atoms with Gasteiger partial charge >= 0.3 is 5.97 Å². The molecule has 0 aromatic heterocycles. The lowest BCUT2D eigenvalue weighted by Gasteiger charge is -2.25. The molecule has 1 heterocycles. The average Bonchev–Trinajstić information content (AvgIpc) is 2.75. The highest BCUT2D eigenvalue weighted by molar-refractivity contribution is 5.80. The number of hydrogen-bond acceptors (Lipinski definition) is 6. The summed E-state index contributed by atoms with van der Waals surface area (Å²) in [6, 6.07) is 9.71. The van der Waals surface area contributed by atoms with E-state index in [0.29, 0.717) is 30.2 Å². The van der Waals surface area contributed by atoms with Gasteiger partial charge in [0, 0.05) is 23.9 Å². The van der Waals surface area contributed by atoms with Gasteiger partial charge in [-0.25, -0.2) is 9.18 Å². The predicted octanol–water partition coefficient (Wildman–Crippen LogP) is 3.46. The van der Waals surface area contributed by atoms with Crippen LogP contribution in [0.25, 0.3) is 0 Å². The van der Waals surface area contributed by atoms with E-state index in [0.717, 1.165) is 19.4 Å². The first-order chi connectivity index (χ1) is 14.5. The van der Waals surface area contributed by atoms with Crippen LogP contribution in [0.1, 0.15) is 36.9 Å². The minimum absolute atomic E-state index is 0.0301. The summed E-state index contributed by atoms with van der Waals surface area (Å²) in [5.41, 5.74) is 0.798. The number of rotatable bonds is 8. The van der Waals surface area contributed by atoms with E-state index in [4.69, 9.17) is 14.7 Å². The Morgan fingerprint density at radius 1 is 1.40 bits per heavy atom. The van der Waals surface area contributed by atoms with E-state index in [1.807, 2.05) is 6.07 Å². The molecule has 1 aliphatic rings. The van der Waals surface area contributed by atoms with Gasteiger partial charge in [0.15, 0.2) is 17.6 Å². The highest BCUT2D eigenvalue weighted by Crippen LogP contribution is 2.34. The fourth-order valence-corrected chi connectivity index (χ4v) is 3.32. The van der Waals surface area contributed by atoms with Crippen LogP contribution in [0.4, 0.5) is 10.1 Å². The van der Waals surface area contributed by atoms with Gasteiger partial charge in [0.1, 0.15) is 11.9 Å². The van der Waals surface area contributed by atoms with Gasteiger partial charge in [-0.1, -0.05) is 0 Å². The maximum Gasteiger partial charge on any atom is 0.330 e. The topological polar surface area (TPSA) is 104 Å². The molecule has 30 heavy (non-hydrogen) atoms. The van der Waals surface area contributed by atoms with Crippen LogP contribution in [0.5, 0.6) is 11.5 Å². The molecule has 1 saturated heterocycles. The summed E-state index contributed by atoms with van der Waals surface area (Å²) in [5.74, 6) is -1.69. The van der Waals surface area contributed by atoms with E-state index in [9.17, 15) is 9.90 Å². The second-order valence-corrected chi connectivity index (χ2v) is 6.95. The van der Waals surface area contributed by atoms with Crippen molar-refractivity contribution in [3.63, 3.8) is 0 Å². The predicted molar refractivity (Wildman–Crippen MR) is 109 cm³/mol. The zero-order valence-corrected chi connectivity index (χ0v) is 16.7. The van der Waals surface area contributed by atoms with Crippen molar-refractivity contribution in [3.8, 4) is 17.6 Å². The third kappa shape index (κ3) is 5.19. The minimum atomic E-state index is -1.37. The van der Waals surface area contributed by atoms with Crippen molar-refractivity contribution < 1.29 is 23.8 Å². The van der Waals surface area contributed by atoms with Crippen LogP contribution in [0.15, 0.2) is 36.4 Å². The molecule has 1 aliphatic heterocycles. The smallest absolute Gasteiger partial charge is 0.330 e. The Morgan fingerprint density at radius 2 is 2.17 bits per heavy atom. The van der Waals surface area contributed by atoms with Crippen LogP contribution in [0, 0.1) is 17.1 Å². The normalized spacial score (nSPS) is 16.9. The highest BCUT2D eigenvalue weighted by atomic mass is 19.1. The van der Waals surface area contributed by atoms with Gasteiger partial charge in [-0.3, -0.25) is 0 Å². The first-order valence-corrected chi connectivity index (χ1v) is 9.85. The molecular weight excluding hydrogens is 389 g/mol. The summed E-state index contributed by atoms with van der Waals surface area (Å²) in [5, 5.41) is 24.7. The summed E-state index contributed by atoms with van der Waals surface area (Å²) in [7, 11) is 0. The fourth-order valence-electron chi connectivity index (χ4n) is 3.32. The van der Waals surface area contributed by atoms with Crippen molar-refractivity contribution in [1.29, 1.82) is 5.26 Å². The number of carbonyl (C=O) groups is 1. The van der Waals surface area contributed by atoms with E-state index in [-0.39, 0.29) is 17.4 Å². The summed E-state index contributed by atoms with van der Waals surface area (Å²) >= 11 is 0. The lowest BCUT2D eigenvalue weighted by atomic mass is 10.0. The molecule has 8 heteroatoms. The third-order valence-corrected chi connectivity index (χ3v) is 4.78. The first-order valence-electron chi connectivity index (χ1n) is 9.85. The molecule has 2 atom stereocenters. The number of carboxylic acid groups (broad SMARTS) is 1. The maximum absolute atomic E-state index is 15.3. The zero-order valence-electron chi connectivity index (χ0n) is 16.7. The third-order valence-electron chi connectivity index (χ3n) is 4.78. The van der Waals surface area contributed by atoms with Gasteiger partial charge < -0.3 is 25.2 Å². The number of nitrogens with one attached hydrogen (secondary N) is 2. The van der Waals surface area contributed by atoms with Crippen molar-refractivity contribution >= 4 is 11.7 Å². The number of nitriles is 1. The Hall–Kier alpha value is -3.31. The summed E-state index contributed by atoms with van der Waals surface area (Å²) in [6.07, 6.45) is 1.50. The monoisotopic (exact) mass is 413 g/mol. The van der Waals surface area contributed by atoms with Gasteiger partial charge in [-0.2, -0.15) is 5.26 Å². The number of nitrogens with zero attached hydrogens (tertiary/aromatic N) is 1. The average molecular weight is 413 g/mol. The Balaban J connectivity index is 1.94. The molecule has 0 spiro atoms. The van der Waals surface area contributed by atoms with E-state index >= 15 is 4.39 Å². The molecule has 0 saturated carbocycles. The first kappa shape index (κ1) is 21.4. The number of hydrogen-bond donors (Lipinski definition) is 3. The Kier molecular flexibility index (Phi) is 7.09. The quantitative estimate of drug-likeness (QED) is 0.609. The fraction of sp³-hybridized carbons (Fsp3) is 0.364. The van der Waals surface area contributed by atoms with Crippen molar-refractivity contribution in [1.82, 2.24) is 5.32 Å². The van der Waals surface area contributed by atoms with Crippen molar-refractivity contribution in [2.75, 3.05) is 25.0 Å². The molecule has 3 N–H and O–H groups in total. The van der Waals surface area contributed by atoms with Crippen molar-refractivity contribution in [2.24, 2.45) is 0 Å². The number of carboxylic acids is 1. The van der Waals surface area contributed by atoms with Crippen LogP contribution in [0.2, 0.25) is 0 Å². The molecule has 2 aromatic rings. The molecule has 0 radical (unpaired) electrons. The number of aliphatic carboxylic acids is 1. The largest absolute Gasteiger partial charge is 0.494 e. The lowest BCUT2D eigenvalue weighted by Crippen LogP contribution is -2.37. The van der Waals surface area contributed by atoms with Crippen LogP contribution >= 0.6 is 0 Å². The molecule has 0 amide bonds. The Bertz CT molecular complexity index is 921. The van der Waals surface area contributed by atoms with E-state index < -0.39 is 17.8 Å². The second-order valence-electron chi connectivity index (χ2n) is 6.95. The van der Waals surface area contributed by atoms with Crippen molar-refractivity contribution in [3.05, 3.63) is 53.3 Å². The molecular formula is C22H24FN3O4. The van der Waals surface area contributed by atoms with Crippen LogP contribution in [0.3, 0.4) is 0 Å². The molecule has 2 unspecified atom stereocenters. The van der Waals surface area contributed by atoms with Gasteiger partial charge in [0.2, 0.25) is 0 Å². The summed E-state index contributed by atoms with van der Waals surface area (Å²) in [4.78, 5) is 12.0. The standard InChI is InChI=1S/C22H24FN3O4/c1-2-29-17-10-18(20(23)19(11-17)30-16-4-3-9-25-13-16)21(22(27)28)26-15-7-5-14(12-24)6-8-15/h5-8,10-11,16,21,25-26H,2-4,9,13H2,1H3,(H,27,28). The molecule has 0 aliphatic carbocycles.